The summed E-state index contributed by atoms with van der Waals surface area (Å²) in [7, 11) is 1.65. The Bertz CT molecular complexity index is 383. The van der Waals surface area contributed by atoms with Crippen molar-refractivity contribution in [3.05, 3.63) is 23.8 Å². The van der Waals surface area contributed by atoms with E-state index in [1.807, 2.05) is 19.1 Å². The molecule has 1 aromatic carbocycles. The van der Waals surface area contributed by atoms with Crippen molar-refractivity contribution < 1.29 is 14.6 Å². The first-order chi connectivity index (χ1) is 8.23. The van der Waals surface area contributed by atoms with Crippen molar-refractivity contribution in [2.75, 3.05) is 20.3 Å². The van der Waals surface area contributed by atoms with Crippen LogP contribution in [0, 0.1) is 5.41 Å². The van der Waals surface area contributed by atoms with Crippen molar-refractivity contribution in [3.63, 3.8) is 0 Å². The number of rotatable bonds is 6. The van der Waals surface area contributed by atoms with Crippen molar-refractivity contribution in [1.82, 2.24) is 0 Å². The lowest BCUT2D eigenvalue weighted by Gasteiger charge is -2.14. The summed E-state index contributed by atoms with van der Waals surface area (Å²) in [6, 6.07) is 6.02. The van der Waals surface area contributed by atoms with Crippen LogP contribution in [-0.4, -0.2) is 25.4 Å². The highest BCUT2D eigenvalue weighted by Crippen LogP contribution is 2.48. The van der Waals surface area contributed by atoms with Gasteiger partial charge in [0.15, 0.2) is 11.5 Å². The Balaban J connectivity index is 2.13. The smallest absolute Gasteiger partial charge is 0.161 e. The molecule has 0 atom stereocenters. The van der Waals surface area contributed by atoms with E-state index in [1.165, 1.54) is 5.56 Å². The number of hydrogen-bond donors (Lipinski definition) is 1. The molecule has 1 N–H and O–H groups in total. The highest BCUT2D eigenvalue weighted by atomic mass is 16.5. The van der Waals surface area contributed by atoms with Gasteiger partial charge in [0.05, 0.1) is 13.7 Å². The summed E-state index contributed by atoms with van der Waals surface area (Å²) in [5.41, 5.74) is 1.34. The Morgan fingerprint density at radius 3 is 2.59 bits per heavy atom. The van der Waals surface area contributed by atoms with Crippen LogP contribution in [0.4, 0.5) is 0 Å². The zero-order chi connectivity index (χ0) is 12.3. The molecule has 94 valence electrons. The summed E-state index contributed by atoms with van der Waals surface area (Å²) < 4.78 is 10.8. The molecule has 0 bridgehead atoms. The molecule has 0 aromatic heterocycles. The number of aliphatic hydroxyl groups is 1. The van der Waals surface area contributed by atoms with E-state index < -0.39 is 0 Å². The molecule has 0 amide bonds. The molecule has 1 aliphatic rings. The van der Waals surface area contributed by atoms with Crippen molar-refractivity contribution in [1.29, 1.82) is 0 Å². The van der Waals surface area contributed by atoms with Crippen LogP contribution in [0.15, 0.2) is 18.2 Å². The van der Waals surface area contributed by atoms with Crippen molar-refractivity contribution in [2.24, 2.45) is 5.41 Å². The molecular weight excluding hydrogens is 216 g/mol. The van der Waals surface area contributed by atoms with Crippen LogP contribution in [0.2, 0.25) is 0 Å². The molecule has 1 aliphatic carbocycles. The van der Waals surface area contributed by atoms with Gasteiger partial charge in [0.1, 0.15) is 0 Å². The van der Waals surface area contributed by atoms with Crippen LogP contribution < -0.4 is 9.47 Å². The van der Waals surface area contributed by atoms with Gasteiger partial charge in [-0.15, -0.1) is 0 Å². The predicted molar refractivity (Wildman–Crippen MR) is 66.6 cm³/mol. The van der Waals surface area contributed by atoms with Gasteiger partial charge in [0.25, 0.3) is 0 Å². The Kier molecular flexibility index (Phi) is 3.57. The maximum absolute atomic E-state index is 9.33. The van der Waals surface area contributed by atoms with Gasteiger partial charge in [-0.1, -0.05) is 6.07 Å². The molecule has 1 fully saturated rings. The second-order valence-electron chi connectivity index (χ2n) is 4.75. The fourth-order valence-electron chi connectivity index (χ4n) is 2.10. The van der Waals surface area contributed by atoms with Crippen molar-refractivity contribution in [2.45, 2.75) is 26.2 Å². The Hall–Kier alpha value is -1.22. The minimum absolute atomic E-state index is 0.137. The lowest BCUT2D eigenvalue weighted by molar-refractivity contribution is 0.211. The average molecular weight is 236 g/mol. The molecule has 0 aliphatic heterocycles. The van der Waals surface area contributed by atoms with E-state index in [0.717, 1.165) is 30.8 Å². The lowest BCUT2D eigenvalue weighted by atomic mass is 9.97. The van der Waals surface area contributed by atoms with Gasteiger partial charge in [-0.05, 0) is 49.3 Å². The molecule has 2 rings (SSSR count). The fourth-order valence-corrected chi connectivity index (χ4v) is 2.10. The Morgan fingerprint density at radius 2 is 2.06 bits per heavy atom. The van der Waals surface area contributed by atoms with Gasteiger partial charge >= 0.3 is 0 Å². The van der Waals surface area contributed by atoms with Gasteiger partial charge in [-0.3, -0.25) is 0 Å². The highest BCUT2D eigenvalue weighted by Gasteiger charge is 2.41. The Morgan fingerprint density at radius 1 is 1.29 bits per heavy atom. The number of methoxy groups -OCH3 is 1. The van der Waals surface area contributed by atoms with Crippen LogP contribution in [0.1, 0.15) is 25.3 Å². The van der Waals surface area contributed by atoms with E-state index in [1.54, 1.807) is 7.11 Å². The Labute approximate surface area is 102 Å². The summed E-state index contributed by atoms with van der Waals surface area (Å²) in [6.07, 6.45) is 3.17. The largest absolute Gasteiger partial charge is 0.493 e. The lowest BCUT2D eigenvalue weighted by Crippen LogP contribution is -2.10. The van der Waals surface area contributed by atoms with Crippen LogP contribution >= 0.6 is 0 Å². The van der Waals surface area contributed by atoms with Gasteiger partial charge in [-0.2, -0.15) is 0 Å². The molecule has 0 spiro atoms. The first-order valence-electron chi connectivity index (χ1n) is 6.13. The maximum Gasteiger partial charge on any atom is 0.161 e. The predicted octanol–water partition coefficient (Wildman–Crippen LogP) is 2.41. The molecule has 1 saturated carbocycles. The third kappa shape index (κ3) is 2.72. The zero-order valence-electron chi connectivity index (χ0n) is 10.5. The third-order valence-electron chi connectivity index (χ3n) is 3.40. The zero-order valence-corrected chi connectivity index (χ0v) is 10.5. The summed E-state index contributed by atoms with van der Waals surface area (Å²) >= 11 is 0. The van der Waals surface area contributed by atoms with Gasteiger partial charge in [0.2, 0.25) is 0 Å². The summed E-state index contributed by atoms with van der Waals surface area (Å²) in [5.74, 6) is 1.56. The van der Waals surface area contributed by atoms with Gasteiger partial charge in [0, 0.05) is 6.61 Å². The molecule has 0 heterocycles. The van der Waals surface area contributed by atoms with Crippen LogP contribution in [0.5, 0.6) is 11.5 Å². The second-order valence-corrected chi connectivity index (χ2v) is 4.75. The average Bonchev–Trinajstić information content (AvgIpc) is 3.12. The van der Waals surface area contributed by atoms with E-state index >= 15 is 0 Å². The van der Waals surface area contributed by atoms with Gasteiger partial charge in [-0.25, -0.2) is 0 Å². The number of benzene rings is 1. The molecule has 3 heteroatoms. The van der Waals surface area contributed by atoms with E-state index in [0.29, 0.717) is 6.61 Å². The van der Waals surface area contributed by atoms with Crippen LogP contribution in [0.3, 0.4) is 0 Å². The second kappa shape index (κ2) is 4.96. The van der Waals surface area contributed by atoms with Crippen LogP contribution in [-0.2, 0) is 6.42 Å². The molecular formula is C14H20O3. The quantitative estimate of drug-likeness (QED) is 0.824. The molecule has 0 radical (unpaired) electrons. The number of aliphatic hydroxyl groups excluding tert-OH is 1. The summed E-state index contributed by atoms with van der Waals surface area (Å²) in [5, 5.41) is 9.33. The minimum Gasteiger partial charge on any atom is -0.493 e. The fraction of sp³-hybridized carbons (Fsp3) is 0.571. The third-order valence-corrected chi connectivity index (χ3v) is 3.40. The standard InChI is InChI=1S/C14H20O3/c1-3-17-12-5-4-11(8-13(12)16-2)9-14(10-15)6-7-14/h4-5,8,15H,3,6-7,9-10H2,1-2H3. The first-order valence-corrected chi connectivity index (χ1v) is 6.13. The molecule has 3 nitrogen and oxygen atoms in total. The van der Waals surface area contributed by atoms with E-state index in [9.17, 15) is 5.11 Å². The minimum atomic E-state index is 0.137. The monoisotopic (exact) mass is 236 g/mol. The normalized spacial score (nSPS) is 16.6. The van der Waals surface area contributed by atoms with Crippen LogP contribution in [0.25, 0.3) is 0 Å². The molecule has 1 aromatic rings. The van der Waals surface area contributed by atoms with Crippen molar-refractivity contribution >= 4 is 0 Å². The topological polar surface area (TPSA) is 38.7 Å². The molecule has 17 heavy (non-hydrogen) atoms. The number of hydrogen-bond acceptors (Lipinski definition) is 3. The molecule has 0 saturated heterocycles. The maximum atomic E-state index is 9.33. The van der Waals surface area contributed by atoms with E-state index in [2.05, 4.69) is 6.07 Å². The highest BCUT2D eigenvalue weighted by molar-refractivity contribution is 5.43. The van der Waals surface area contributed by atoms with Gasteiger partial charge < -0.3 is 14.6 Å². The SMILES string of the molecule is CCOc1ccc(CC2(CO)CC2)cc1OC. The van der Waals surface area contributed by atoms with E-state index in [-0.39, 0.29) is 12.0 Å². The summed E-state index contributed by atoms with van der Waals surface area (Å²) in [4.78, 5) is 0. The van der Waals surface area contributed by atoms with E-state index in [4.69, 9.17) is 9.47 Å². The summed E-state index contributed by atoms with van der Waals surface area (Å²) in [6.45, 7) is 2.87. The van der Waals surface area contributed by atoms with Crippen molar-refractivity contribution in [3.8, 4) is 11.5 Å². The first kappa shape index (κ1) is 12.2. The number of ether oxygens (including phenoxy) is 2. The molecule has 0 unspecified atom stereocenters.